The van der Waals surface area contributed by atoms with Crippen LogP contribution in [0.4, 0.5) is 22.7 Å². The standard InChI is InChI=1S/C6H8N4O3/c7-2-1-3(11)6(10(12)13)5(9)4(2)8/h1,11H,7-9H2. The van der Waals surface area contributed by atoms with E-state index in [0.29, 0.717) is 0 Å². The molecule has 0 amide bonds. The number of hydrogen-bond acceptors (Lipinski definition) is 6. The Bertz CT molecular complexity index is 377. The van der Waals surface area contributed by atoms with Crippen molar-refractivity contribution in [2.45, 2.75) is 0 Å². The molecule has 0 saturated carbocycles. The van der Waals surface area contributed by atoms with Gasteiger partial charge in [0.25, 0.3) is 0 Å². The average Bonchev–Trinajstić information content (AvgIpc) is 1.99. The third-order valence-electron chi connectivity index (χ3n) is 1.57. The first-order valence-electron chi connectivity index (χ1n) is 3.26. The number of nitro groups is 1. The Morgan fingerprint density at radius 2 is 1.85 bits per heavy atom. The summed E-state index contributed by atoms with van der Waals surface area (Å²) in [5.41, 5.74) is 14.9. The Morgan fingerprint density at radius 1 is 1.31 bits per heavy atom. The summed E-state index contributed by atoms with van der Waals surface area (Å²) in [4.78, 5) is 9.56. The van der Waals surface area contributed by atoms with Gasteiger partial charge in [-0.05, 0) is 0 Å². The van der Waals surface area contributed by atoms with Crippen LogP contribution in [0.25, 0.3) is 0 Å². The van der Waals surface area contributed by atoms with Crippen molar-refractivity contribution in [2.24, 2.45) is 0 Å². The largest absolute Gasteiger partial charge is 0.502 e. The zero-order valence-corrected chi connectivity index (χ0v) is 6.52. The maximum Gasteiger partial charge on any atom is 0.335 e. The van der Waals surface area contributed by atoms with Crippen LogP contribution >= 0.6 is 0 Å². The van der Waals surface area contributed by atoms with E-state index < -0.39 is 16.4 Å². The Kier molecular flexibility index (Phi) is 1.85. The SMILES string of the molecule is Nc1cc(O)c([N+](=O)[O-])c(N)c1N. The molecule has 7 nitrogen and oxygen atoms in total. The smallest absolute Gasteiger partial charge is 0.335 e. The monoisotopic (exact) mass is 184 g/mol. The van der Waals surface area contributed by atoms with Gasteiger partial charge in [0.1, 0.15) is 5.69 Å². The number of anilines is 3. The van der Waals surface area contributed by atoms with Crippen LogP contribution in [0.2, 0.25) is 0 Å². The fraction of sp³-hybridized carbons (Fsp3) is 0. The van der Waals surface area contributed by atoms with E-state index in [9.17, 15) is 10.1 Å². The topological polar surface area (TPSA) is 141 Å². The molecular weight excluding hydrogens is 176 g/mol. The van der Waals surface area contributed by atoms with Crippen molar-refractivity contribution in [3.8, 4) is 5.75 Å². The molecule has 0 unspecified atom stereocenters. The number of hydrogen-bond donors (Lipinski definition) is 4. The quantitative estimate of drug-likeness (QED) is 0.210. The third-order valence-corrected chi connectivity index (χ3v) is 1.57. The van der Waals surface area contributed by atoms with E-state index in [4.69, 9.17) is 22.3 Å². The highest BCUT2D eigenvalue weighted by Crippen LogP contribution is 2.39. The number of benzene rings is 1. The first-order chi connectivity index (χ1) is 5.95. The van der Waals surface area contributed by atoms with Gasteiger partial charge in [-0.25, -0.2) is 0 Å². The van der Waals surface area contributed by atoms with Crippen molar-refractivity contribution in [1.29, 1.82) is 0 Å². The van der Waals surface area contributed by atoms with Gasteiger partial charge in [-0.3, -0.25) is 10.1 Å². The molecule has 0 aromatic heterocycles. The molecule has 70 valence electrons. The van der Waals surface area contributed by atoms with Gasteiger partial charge in [0.15, 0.2) is 5.75 Å². The number of nitrogen functional groups attached to an aromatic ring is 3. The van der Waals surface area contributed by atoms with Crippen LogP contribution in [0.15, 0.2) is 6.07 Å². The predicted octanol–water partition coefficient (Wildman–Crippen LogP) is 0.0470. The van der Waals surface area contributed by atoms with E-state index in [2.05, 4.69) is 0 Å². The van der Waals surface area contributed by atoms with Crippen molar-refractivity contribution in [2.75, 3.05) is 17.2 Å². The second-order valence-corrected chi connectivity index (χ2v) is 2.42. The van der Waals surface area contributed by atoms with Gasteiger partial charge in [0.2, 0.25) is 0 Å². The van der Waals surface area contributed by atoms with E-state index in [0.717, 1.165) is 6.07 Å². The molecule has 7 N–H and O–H groups in total. The summed E-state index contributed by atoms with van der Waals surface area (Å²) < 4.78 is 0. The molecule has 0 spiro atoms. The molecule has 0 saturated heterocycles. The molecule has 1 rings (SSSR count). The molecule has 0 fully saturated rings. The minimum atomic E-state index is -0.819. The Balaban J connectivity index is 3.53. The van der Waals surface area contributed by atoms with Crippen LogP contribution in [0.5, 0.6) is 5.75 Å². The molecule has 0 atom stereocenters. The molecule has 7 heteroatoms. The summed E-state index contributed by atoms with van der Waals surface area (Å²) in [6.45, 7) is 0. The number of nitrogens with two attached hydrogens (primary N) is 3. The third kappa shape index (κ3) is 1.26. The molecular formula is C6H8N4O3. The van der Waals surface area contributed by atoms with Gasteiger partial charge in [0.05, 0.1) is 16.3 Å². The van der Waals surface area contributed by atoms with Gasteiger partial charge in [-0.1, -0.05) is 0 Å². The molecule has 0 radical (unpaired) electrons. The van der Waals surface area contributed by atoms with Gasteiger partial charge in [0, 0.05) is 6.07 Å². The highest BCUT2D eigenvalue weighted by molar-refractivity contribution is 5.87. The van der Waals surface area contributed by atoms with E-state index >= 15 is 0 Å². The molecule has 0 bridgehead atoms. The highest BCUT2D eigenvalue weighted by atomic mass is 16.6. The number of rotatable bonds is 1. The van der Waals surface area contributed by atoms with E-state index in [-0.39, 0.29) is 17.1 Å². The van der Waals surface area contributed by atoms with Gasteiger partial charge < -0.3 is 22.3 Å². The Hall–Kier alpha value is -2.18. The van der Waals surface area contributed by atoms with Crippen LogP contribution in [0.3, 0.4) is 0 Å². The summed E-state index contributed by atoms with van der Waals surface area (Å²) in [5, 5.41) is 19.5. The maximum absolute atomic E-state index is 10.4. The molecule has 0 aliphatic rings. The average molecular weight is 184 g/mol. The number of aromatic hydroxyl groups is 1. The lowest BCUT2D eigenvalue weighted by atomic mass is 10.2. The summed E-state index contributed by atoms with van der Waals surface area (Å²) in [5.74, 6) is -0.589. The fourth-order valence-corrected chi connectivity index (χ4v) is 0.906. The van der Waals surface area contributed by atoms with E-state index in [1.54, 1.807) is 0 Å². The van der Waals surface area contributed by atoms with E-state index in [1.165, 1.54) is 0 Å². The lowest BCUT2D eigenvalue weighted by molar-refractivity contribution is -0.384. The first-order valence-corrected chi connectivity index (χ1v) is 3.26. The lowest BCUT2D eigenvalue weighted by Gasteiger charge is -2.05. The molecule has 0 aliphatic carbocycles. The van der Waals surface area contributed by atoms with Crippen LogP contribution in [-0.2, 0) is 0 Å². The Labute approximate surface area is 72.9 Å². The maximum atomic E-state index is 10.4. The second-order valence-electron chi connectivity index (χ2n) is 2.42. The highest BCUT2D eigenvalue weighted by Gasteiger charge is 2.21. The fourth-order valence-electron chi connectivity index (χ4n) is 0.906. The van der Waals surface area contributed by atoms with Crippen molar-refractivity contribution in [1.82, 2.24) is 0 Å². The normalized spacial score (nSPS) is 9.85. The second kappa shape index (κ2) is 2.70. The van der Waals surface area contributed by atoms with Gasteiger partial charge in [-0.2, -0.15) is 0 Å². The lowest BCUT2D eigenvalue weighted by Crippen LogP contribution is -2.03. The van der Waals surface area contributed by atoms with Crippen LogP contribution < -0.4 is 17.2 Å². The molecule has 0 aliphatic heterocycles. The summed E-state index contributed by atoms with van der Waals surface area (Å²) in [6, 6.07) is 0.990. The minimum absolute atomic E-state index is 0.0144. The number of nitrogens with zero attached hydrogens (tertiary/aromatic N) is 1. The first kappa shape index (κ1) is 8.91. The van der Waals surface area contributed by atoms with Crippen LogP contribution in [0, 0.1) is 10.1 Å². The van der Waals surface area contributed by atoms with Crippen molar-refractivity contribution in [3.05, 3.63) is 16.2 Å². The Morgan fingerprint density at radius 3 is 2.31 bits per heavy atom. The molecule has 1 aromatic carbocycles. The van der Waals surface area contributed by atoms with E-state index in [1.807, 2.05) is 0 Å². The van der Waals surface area contributed by atoms with Gasteiger partial charge in [-0.15, -0.1) is 0 Å². The minimum Gasteiger partial charge on any atom is -0.502 e. The van der Waals surface area contributed by atoms with Crippen molar-refractivity contribution in [3.63, 3.8) is 0 Å². The van der Waals surface area contributed by atoms with Crippen LogP contribution in [-0.4, -0.2) is 10.0 Å². The number of phenols is 1. The molecule has 0 heterocycles. The molecule has 13 heavy (non-hydrogen) atoms. The van der Waals surface area contributed by atoms with Gasteiger partial charge >= 0.3 is 5.69 Å². The molecule has 1 aromatic rings. The van der Waals surface area contributed by atoms with Crippen molar-refractivity contribution < 1.29 is 10.0 Å². The summed E-state index contributed by atoms with van der Waals surface area (Å²) in [6.07, 6.45) is 0. The van der Waals surface area contributed by atoms with Crippen LogP contribution in [0.1, 0.15) is 0 Å². The zero-order chi connectivity index (χ0) is 10.2. The zero-order valence-electron chi connectivity index (χ0n) is 6.52. The summed E-state index contributed by atoms with van der Waals surface area (Å²) >= 11 is 0. The van der Waals surface area contributed by atoms with Crippen molar-refractivity contribution >= 4 is 22.7 Å². The number of nitro benzene ring substituents is 1. The summed E-state index contributed by atoms with van der Waals surface area (Å²) in [7, 11) is 0. The predicted molar refractivity (Wildman–Crippen MR) is 48.0 cm³/mol. The number of phenolic OH excluding ortho intramolecular Hbond substituents is 1.